The Bertz CT molecular complexity index is 663. The predicted molar refractivity (Wildman–Crippen MR) is 128 cm³/mol. The molecular formula is C21H37IN4O4. The van der Waals surface area contributed by atoms with E-state index in [0.717, 1.165) is 25.9 Å². The Hall–Kier alpha value is -1.49. The average molecular weight is 536 g/mol. The van der Waals surface area contributed by atoms with Crippen molar-refractivity contribution < 1.29 is 19.1 Å². The van der Waals surface area contributed by atoms with E-state index in [4.69, 9.17) is 9.15 Å². The van der Waals surface area contributed by atoms with Crippen molar-refractivity contribution in [3.63, 3.8) is 0 Å². The standard InChI is InChI=1S/C21H36N4O4.HI/c1-6-22-18(24-15-21(5,27)17-8-7-13-28-17)23-14-16-9-11-25(12-10-16)19(26)29-20(2,3)4;/h7-8,13,16,27H,6,9-12,14-15H2,1-5H3,(H2,22,23,24);1H. The topological polar surface area (TPSA) is 99.3 Å². The zero-order valence-corrected chi connectivity index (χ0v) is 21.1. The van der Waals surface area contributed by atoms with Crippen LogP contribution in [0.4, 0.5) is 4.79 Å². The van der Waals surface area contributed by atoms with Crippen LogP contribution in [-0.4, -0.2) is 60.4 Å². The highest BCUT2D eigenvalue weighted by Crippen LogP contribution is 2.21. The molecule has 1 unspecified atom stereocenters. The molecule has 1 aromatic heterocycles. The third kappa shape index (κ3) is 8.71. The number of aliphatic imine (C=N–C) groups is 1. The number of carbonyl (C=O) groups excluding carboxylic acids is 1. The second-order valence-electron chi connectivity index (χ2n) is 8.74. The number of hydrogen-bond donors (Lipinski definition) is 3. The van der Waals surface area contributed by atoms with Crippen molar-refractivity contribution in [1.29, 1.82) is 0 Å². The van der Waals surface area contributed by atoms with Gasteiger partial charge in [-0.1, -0.05) is 0 Å². The van der Waals surface area contributed by atoms with Crippen molar-refractivity contribution in [3.8, 4) is 0 Å². The third-order valence-corrected chi connectivity index (χ3v) is 4.77. The van der Waals surface area contributed by atoms with Crippen molar-refractivity contribution in [1.82, 2.24) is 15.5 Å². The van der Waals surface area contributed by atoms with Gasteiger partial charge in [-0.2, -0.15) is 0 Å². The number of amides is 1. The molecule has 1 saturated heterocycles. The van der Waals surface area contributed by atoms with Gasteiger partial charge in [-0.05, 0) is 65.5 Å². The number of carbonyl (C=O) groups is 1. The number of likely N-dealkylation sites (tertiary alicyclic amines) is 1. The van der Waals surface area contributed by atoms with Gasteiger partial charge in [-0.15, -0.1) is 24.0 Å². The van der Waals surface area contributed by atoms with Gasteiger partial charge in [0.1, 0.15) is 17.0 Å². The van der Waals surface area contributed by atoms with Crippen LogP contribution in [0.15, 0.2) is 27.8 Å². The van der Waals surface area contributed by atoms with Gasteiger partial charge in [-0.25, -0.2) is 9.79 Å². The molecule has 0 aliphatic carbocycles. The largest absolute Gasteiger partial charge is 0.466 e. The smallest absolute Gasteiger partial charge is 0.410 e. The Morgan fingerprint density at radius 1 is 1.30 bits per heavy atom. The molecule has 8 nitrogen and oxygen atoms in total. The summed E-state index contributed by atoms with van der Waals surface area (Å²) in [5.74, 6) is 1.60. The molecule has 1 aromatic rings. The zero-order chi connectivity index (χ0) is 21.5. The molecule has 3 N–H and O–H groups in total. The van der Waals surface area contributed by atoms with E-state index in [-0.39, 0.29) is 36.6 Å². The monoisotopic (exact) mass is 536 g/mol. The molecule has 0 bridgehead atoms. The average Bonchev–Trinajstić information content (AvgIpc) is 3.19. The Morgan fingerprint density at radius 2 is 1.97 bits per heavy atom. The Balaban J connectivity index is 0.00000450. The van der Waals surface area contributed by atoms with E-state index in [1.807, 2.05) is 27.7 Å². The summed E-state index contributed by atoms with van der Waals surface area (Å²) in [6.07, 6.45) is 3.13. The van der Waals surface area contributed by atoms with Crippen LogP contribution in [-0.2, 0) is 10.3 Å². The summed E-state index contributed by atoms with van der Waals surface area (Å²) < 4.78 is 10.8. The van der Waals surface area contributed by atoms with Gasteiger partial charge in [0.25, 0.3) is 0 Å². The highest BCUT2D eigenvalue weighted by Gasteiger charge is 2.28. The van der Waals surface area contributed by atoms with E-state index in [2.05, 4.69) is 15.6 Å². The summed E-state index contributed by atoms with van der Waals surface area (Å²) >= 11 is 0. The lowest BCUT2D eigenvalue weighted by molar-refractivity contribution is 0.0185. The van der Waals surface area contributed by atoms with Crippen LogP contribution < -0.4 is 10.6 Å². The van der Waals surface area contributed by atoms with Crippen molar-refractivity contribution >= 4 is 36.0 Å². The highest BCUT2D eigenvalue weighted by molar-refractivity contribution is 14.0. The molecule has 30 heavy (non-hydrogen) atoms. The fourth-order valence-corrected chi connectivity index (χ4v) is 3.12. The lowest BCUT2D eigenvalue weighted by Crippen LogP contribution is -2.45. The first-order valence-electron chi connectivity index (χ1n) is 10.4. The molecule has 1 amide bonds. The second-order valence-corrected chi connectivity index (χ2v) is 8.74. The van der Waals surface area contributed by atoms with E-state index in [0.29, 0.717) is 30.7 Å². The van der Waals surface area contributed by atoms with Crippen LogP contribution in [0.1, 0.15) is 53.2 Å². The summed E-state index contributed by atoms with van der Waals surface area (Å²) in [6, 6.07) is 3.49. The quantitative estimate of drug-likeness (QED) is 0.293. The summed E-state index contributed by atoms with van der Waals surface area (Å²) in [6.45, 7) is 12.4. The van der Waals surface area contributed by atoms with Gasteiger partial charge in [-0.3, -0.25) is 0 Å². The Morgan fingerprint density at radius 3 is 2.50 bits per heavy atom. The van der Waals surface area contributed by atoms with E-state index < -0.39 is 11.2 Å². The molecule has 1 aliphatic rings. The number of ether oxygens (including phenoxy) is 1. The first-order valence-corrected chi connectivity index (χ1v) is 10.4. The van der Waals surface area contributed by atoms with Gasteiger partial charge in [0, 0.05) is 26.2 Å². The van der Waals surface area contributed by atoms with Gasteiger partial charge < -0.3 is 29.8 Å². The number of nitrogens with one attached hydrogen (secondary N) is 2. The number of aliphatic hydroxyl groups is 1. The minimum absolute atomic E-state index is 0. The van der Waals surface area contributed by atoms with Crippen molar-refractivity contribution in [2.45, 2.75) is 58.7 Å². The summed E-state index contributed by atoms with van der Waals surface area (Å²) in [5, 5.41) is 17.1. The van der Waals surface area contributed by atoms with Crippen LogP contribution >= 0.6 is 24.0 Å². The molecular weight excluding hydrogens is 499 g/mol. The zero-order valence-electron chi connectivity index (χ0n) is 18.7. The van der Waals surface area contributed by atoms with Gasteiger partial charge in [0.15, 0.2) is 5.96 Å². The summed E-state index contributed by atoms with van der Waals surface area (Å²) in [4.78, 5) is 18.5. The van der Waals surface area contributed by atoms with Crippen LogP contribution in [0.3, 0.4) is 0 Å². The number of halogens is 1. The van der Waals surface area contributed by atoms with E-state index in [1.54, 1.807) is 30.2 Å². The normalized spacial score (nSPS) is 17.7. The van der Waals surface area contributed by atoms with Crippen LogP contribution in [0, 0.1) is 5.92 Å². The maximum absolute atomic E-state index is 12.2. The first kappa shape index (κ1) is 26.5. The Kier molecular flexibility index (Phi) is 10.4. The maximum Gasteiger partial charge on any atom is 0.410 e. The minimum atomic E-state index is -1.16. The molecule has 1 aliphatic heterocycles. The van der Waals surface area contributed by atoms with Gasteiger partial charge >= 0.3 is 6.09 Å². The minimum Gasteiger partial charge on any atom is -0.466 e. The SMILES string of the molecule is CCNC(=NCC(C)(O)c1ccco1)NCC1CCN(C(=O)OC(C)(C)C)CC1.I. The lowest BCUT2D eigenvalue weighted by Gasteiger charge is -2.33. The molecule has 2 heterocycles. The first-order chi connectivity index (χ1) is 13.6. The molecule has 0 aromatic carbocycles. The van der Waals surface area contributed by atoms with E-state index >= 15 is 0 Å². The van der Waals surface area contributed by atoms with Gasteiger partial charge in [0.2, 0.25) is 0 Å². The molecule has 172 valence electrons. The number of guanidine groups is 1. The summed E-state index contributed by atoms with van der Waals surface area (Å²) in [7, 11) is 0. The van der Waals surface area contributed by atoms with Crippen molar-refractivity contribution in [2.75, 3.05) is 32.7 Å². The van der Waals surface area contributed by atoms with Crippen LogP contribution in [0.5, 0.6) is 0 Å². The third-order valence-electron chi connectivity index (χ3n) is 4.77. The number of piperidine rings is 1. The number of rotatable bonds is 6. The number of furan rings is 1. The second kappa shape index (κ2) is 11.8. The summed E-state index contributed by atoms with van der Waals surface area (Å²) in [5.41, 5.74) is -1.63. The molecule has 0 spiro atoms. The predicted octanol–water partition coefficient (Wildman–Crippen LogP) is 3.31. The van der Waals surface area contributed by atoms with Gasteiger partial charge in [0.05, 0.1) is 12.8 Å². The lowest BCUT2D eigenvalue weighted by atomic mass is 9.97. The van der Waals surface area contributed by atoms with E-state index in [9.17, 15) is 9.90 Å². The Labute approximate surface area is 196 Å². The number of nitrogens with zero attached hydrogens (tertiary/aromatic N) is 2. The highest BCUT2D eigenvalue weighted by atomic mass is 127. The fraction of sp³-hybridized carbons (Fsp3) is 0.714. The van der Waals surface area contributed by atoms with Crippen LogP contribution in [0.2, 0.25) is 0 Å². The molecule has 0 saturated carbocycles. The van der Waals surface area contributed by atoms with Crippen LogP contribution in [0.25, 0.3) is 0 Å². The molecule has 9 heteroatoms. The molecule has 0 radical (unpaired) electrons. The maximum atomic E-state index is 12.2. The molecule has 2 rings (SSSR count). The number of hydrogen-bond acceptors (Lipinski definition) is 5. The van der Waals surface area contributed by atoms with E-state index in [1.165, 1.54) is 0 Å². The molecule has 1 atom stereocenters. The fourth-order valence-electron chi connectivity index (χ4n) is 3.12. The van der Waals surface area contributed by atoms with Crippen molar-refractivity contribution in [2.24, 2.45) is 10.9 Å². The molecule has 1 fully saturated rings. The van der Waals surface area contributed by atoms with Crippen molar-refractivity contribution in [3.05, 3.63) is 24.2 Å².